The number of rotatable bonds is 11. The van der Waals surface area contributed by atoms with E-state index < -0.39 is 21.9 Å². The van der Waals surface area contributed by atoms with Crippen LogP contribution in [0.3, 0.4) is 0 Å². The van der Waals surface area contributed by atoms with E-state index in [1.807, 2.05) is 60.7 Å². The zero-order valence-corrected chi connectivity index (χ0v) is 19.1. The minimum Gasteiger partial charge on any atom is -0.321 e. The molecule has 0 heterocycles. The number of hydrogen-bond donors (Lipinski definition) is 4. The summed E-state index contributed by atoms with van der Waals surface area (Å²) >= 11 is 0. The van der Waals surface area contributed by atoms with E-state index in [2.05, 4.69) is 21.7 Å². The molecule has 0 fully saturated rings. The monoisotopic (exact) mass is 484 g/mol. The third-order valence-electron chi connectivity index (χ3n) is 5.55. The average molecular weight is 485 g/mol. The second-order valence-corrected chi connectivity index (χ2v) is 7.92. The Kier molecular flexibility index (Phi) is 7.81. The first-order valence-electron chi connectivity index (χ1n) is 11.1. The molecule has 10 heteroatoms. The highest BCUT2D eigenvalue weighted by molar-refractivity contribution is 5.45. The normalized spacial score (nSPS) is 12.3. The second kappa shape index (κ2) is 11.6. The van der Waals surface area contributed by atoms with E-state index in [0.29, 0.717) is 0 Å². The topological polar surface area (TPSA) is 134 Å². The van der Waals surface area contributed by atoms with Crippen molar-refractivity contribution in [3.63, 3.8) is 0 Å². The summed E-state index contributed by atoms with van der Waals surface area (Å²) in [6.45, 7) is 0. The van der Waals surface area contributed by atoms with Gasteiger partial charge in [-0.25, -0.2) is 10.9 Å². The van der Waals surface area contributed by atoms with Crippen LogP contribution in [0.1, 0.15) is 23.2 Å². The molecule has 0 saturated heterocycles. The van der Waals surface area contributed by atoms with Crippen LogP contribution in [0.5, 0.6) is 0 Å². The lowest BCUT2D eigenvalue weighted by Gasteiger charge is -2.31. The number of non-ortho nitro benzene ring substituents is 2. The zero-order chi connectivity index (χ0) is 25.3. The molecule has 2 unspecified atom stereocenters. The van der Waals surface area contributed by atoms with E-state index in [9.17, 15) is 20.2 Å². The molecule has 4 rings (SSSR count). The summed E-state index contributed by atoms with van der Waals surface area (Å²) in [6.07, 6.45) is 0. The van der Waals surface area contributed by atoms with Crippen LogP contribution < -0.4 is 21.7 Å². The Bertz CT molecular complexity index is 1180. The minimum absolute atomic E-state index is 0.0178. The SMILES string of the molecule is O=[N+]([O-])c1ccc(C(NNc2ccccc2)C(NNc2ccccc2)c2ccc([N+](=O)[O-])cc2)cc1. The Hall–Kier alpha value is -4.80. The molecule has 4 aromatic rings. The van der Waals surface area contributed by atoms with E-state index in [0.717, 1.165) is 22.5 Å². The molecule has 0 bridgehead atoms. The first-order chi connectivity index (χ1) is 17.5. The molecule has 0 aliphatic carbocycles. The average Bonchev–Trinajstić information content (AvgIpc) is 2.92. The van der Waals surface area contributed by atoms with Crippen LogP contribution >= 0.6 is 0 Å². The molecule has 182 valence electrons. The van der Waals surface area contributed by atoms with Crippen LogP contribution in [-0.4, -0.2) is 9.85 Å². The molecule has 4 aromatic carbocycles. The fraction of sp³-hybridized carbons (Fsp3) is 0.0769. The van der Waals surface area contributed by atoms with Gasteiger partial charge in [-0.2, -0.15) is 0 Å². The highest BCUT2D eigenvalue weighted by atomic mass is 16.6. The molecule has 36 heavy (non-hydrogen) atoms. The zero-order valence-electron chi connectivity index (χ0n) is 19.1. The third kappa shape index (κ3) is 6.20. The van der Waals surface area contributed by atoms with E-state index in [1.54, 1.807) is 24.3 Å². The molecule has 0 aromatic heterocycles. The quantitative estimate of drug-likeness (QED) is 0.161. The van der Waals surface area contributed by atoms with Crippen LogP contribution in [0, 0.1) is 20.2 Å². The lowest BCUT2D eigenvalue weighted by molar-refractivity contribution is -0.385. The lowest BCUT2D eigenvalue weighted by Crippen LogP contribution is -2.40. The highest BCUT2D eigenvalue weighted by Crippen LogP contribution is 2.31. The molecule has 0 aliphatic heterocycles. The number of nitrogens with one attached hydrogen (secondary N) is 4. The summed E-state index contributed by atoms with van der Waals surface area (Å²) in [5.74, 6) is 0. The Labute approximate surface area is 207 Å². The van der Waals surface area contributed by atoms with Crippen molar-refractivity contribution in [2.75, 3.05) is 10.9 Å². The van der Waals surface area contributed by atoms with Crippen molar-refractivity contribution in [3.05, 3.63) is 141 Å². The molecule has 0 spiro atoms. The first-order valence-corrected chi connectivity index (χ1v) is 11.1. The van der Waals surface area contributed by atoms with Gasteiger partial charge >= 0.3 is 0 Å². The maximum Gasteiger partial charge on any atom is 0.269 e. The van der Waals surface area contributed by atoms with Crippen molar-refractivity contribution < 1.29 is 9.85 Å². The van der Waals surface area contributed by atoms with E-state index >= 15 is 0 Å². The molecule has 2 atom stereocenters. The van der Waals surface area contributed by atoms with Crippen molar-refractivity contribution in [2.24, 2.45) is 0 Å². The minimum atomic E-state index is -0.455. The summed E-state index contributed by atoms with van der Waals surface area (Å²) < 4.78 is 0. The van der Waals surface area contributed by atoms with Crippen molar-refractivity contribution in [2.45, 2.75) is 12.1 Å². The Morgan fingerprint density at radius 1 is 0.500 bits per heavy atom. The fourth-order valence-corrected chi connectivity index (χ4v) is 3.69. The van der Waals surface area contributed by atoms with Crippen molar-refractivity contribution >= 4 is 22.7 Å². The van der Waals surface area contributed by atoms with Crippen molar-refractivity contribution in [1.82, 2.24) is 10.9 Å². The van der Waals surface area contributed by atoms with Crippen LogP contribution in [0.4, 0.5) is 22.7 Å². The van der Waals surface area contributed by atoms with E-state index in [1.165, 1.54) is 24.3 Å². The smallest absolute Gasteiger partial charge is 0.269 e. The summed E-state index contributed by atoms with van der Waals surface area (Å²) in [5.41, 5.74) is 16.2. The van der Waals surface area contributed by atoms with Crippen LogP contribution in [-0.2, 0) is 0 Å². The standard InChI is InChI=1S/C26H24N6O4/c33-31(34)23-15-11-19(12-16-23)25(29-27-21-7-3-1-4-8-21)26(30-28-22-9-5-2-6-10-22)20-13-17-24(18-14-20)32(35)36/h1-18,25-30H. The molecular formula is C26H24N6O4. The van der Waals surface area contributed by atoms with Crippen LogP contribution in [0.15, 0.2) is 109 Å². The van der Waals surface area contributed by atoms with Gasteiger partial charge < -0.3 is 10.9 Å². The molecule has 0 saturated carbocycles. The highest BCUT2D eigenvalue weighted by Gasteiger charge is 2.26. The number of hydrazine groups is 2. The number of hydrogen-bond acceptors (Lipinski definition) is 8. The van der Waals surface area contributed by atoms with Gasteiger partial charge in [-0.15, -0.1) is 0 Å². The van der Waals surface area contributed by atoms with E-state index in [4.69, 9.17) is 0 Å². The summed E-state index contributed by atoms with van der Waals surface area (Å²) in [4.78, 5) is 21.5. The van der Waals surface area contributed by atoms with Gasteiger partial charge in [-0.3, -0.25) is 20.2 Å². The van der Waals surface area contributed by atoms with Crippen LogP contribution in [0.25, 0.3) is 0 Å². The van der Waals surface area contributed by atoms with Gasteiger partial charge in [0, 0.05) is 35.6 Å². The molecule has 0 aliphatic rings. The molecule has 0 amide bonds. The fourth-order valence-electron chi connectivity index (χ4n) is 3.69. The van der Waals surface area contributed by atoms with Gasteiger partial charge in [-0.1, -0.05) is 60.7 Å². The Balaban J connectivity index is 1.70. The lowest BCUT2D eigenvalue weighted by atomic mass is 9.94. The largest absolute Gasteiger partial charge is 0.321 e. The Morgan fingerprint density at radius 2 is 0.833 bits per heavy atom. The summed E-state index contributed by atoms with van der Waals surface area (Å²) in [6, 6.07) is 30.6. The van der Waals surface area contributed by atoms with E-state index in [-0.39, 0.29) is 11.4 Å². The number of benzene rings is 4. The van der Waals surface area contributed by atoms with Gasteiger partial charge in [-0.05, 0) is 35.4 Å². The molecular weight excluding hydrogens is 460 g/mol. The van der Waals surface area contributed by atoms with Crippen molar-refractivity contribution in [1.29, 1.82) is 0 Å². The maximum atomic E-state index is 11.2. The predicted molar refractivity (Wildman–Crippen MR) is 138 cm³/mol. The van der Waals surface area contributed by atoms with Gasteiger partial charge in [0.25, 0.3) is 11.4 Å². The first kappa shape index (κ1) is 24.3. The maximum absolute atomic E-state index is 11.2. The van der Waals surface area contributed by atoms with Crippen molar-refractivity contribution in [3.8, 4) is 0 Å². The number of nitrogens with zero attached hydrogens (tertiary/aromatic N) is 2. The Morgan fingerprint density at radius 3 is 1.14 bits per heavy atom. The summed E-state index contributed by atoms with van der Waals surface area (Å²) in [7, 11) is 0. The summed E-state index contributed by atoms with van der Waals surface area (Å²) in [5, 5.41) is 22.4. The van der Waals surface area contributed by atoms with Gasteiger partial charge in [0.1, 0.15) is 0 Å². The number of para-hydroxylation sites is 2. The van der Waals surface area contributed by atoms with Gasteiger partial charge in [0.15, 0.2) is 0 Å². The molecule has 4 N–H and O–H groups in total. The third-order valence-corrected chi connectivity index (χ3v) is 5.55. The van der Waals surface area contributed by atoms with Gasteiger partial charge in [0.2, 0.25) is 0 Å². The molecule has 10 nitrogen and oxygen atoms in total. The van der Waals surface area contributed by atoms with Gasteiger partial charge in [0.05, 0.1) is 21.9 Å². The van der Waals surface area contributed by atoms with Crippen LogP contribution in [0.2, 0.25) is 0 Å². The molecule has 0 radical (unpaired) electrons. The second-order valence-electron chi connectivity index (χ2n) is 7.92. The number of nitro benzene ring substituents is 2. The predicted octanol–water partition coefficient (Wildman–Crippen LogP) is 5.52. The number of anilines is 2. The number of nitro groups is 2.